The lowest BCUT2D eigenvalue weighted by atomic mass is 10.2. The van der Waals surface area contributed by atoms with Gasteiger partial charge >= 0.3 is 12.2 Å². The Labute approximate surface area is 203 Å². The number of likely N-dealkylation sites (N-methyl/N-ethyl adjacent to an activating group) is 1. The number of ether oxygens (including phenoxy) is 1. The Hall–Kier alpha value is -3.61. The molecule has 0 saturated carbocycles. The topological polar surface area (TPSA) is 120 Å². The number of halogens is 4. The number of rotatable bonds is 7. The minimum absolute atomic E-state index is 0.0792. The summed E-state index contributed by atoms with van der Waals surface area (Å²) in [4.78, 5) is 21.7. The fraction of sp³-hybridized carbons (Fsp3) is 0.227. The lowest BCUT2D eigenvalue weighted by Gasteiger charge is -2.25. The van der Waals surface area contributed by atoms with Crippen LogP contribution >= 0.6 is 11.6 Å². The number of amides is 2. The normalized spacial score (nSPS) is 13.0. The van der Waals surface area contributed by atoms with Gasteiger partial charge in [-0.2, -0.15) is 18.2 Å². The van der Waals surface area contributed by atoms with Crippen LogP contribution in [-0.2, 0) is 6.18 Å². The molecule has 0 aliphatic carbocycles. The van der Waals surface area contributed by atoms with Gasteiger partial charge in [-0.3, -0.25) is 0 Å². The number of hydrogen-bond donors (Lipinski definition) is 4. The Morgan fingerprint density at radius 2 is 1.71 bits per heavy atom. The van der Waals surface area contributed by atoms with Crippen molar-refractivity contribution in [2.45, 2.75) is 25.4 Å². The van der Waals surface area contributed by atoms with Crippen molar-refractivity contribution in [2.24, 2.45) is 0 Å². The molecule has 2 amide bonds. The Morgan fingerprint density at radius 3 is 2.34 bits per heavy atom. The van der Waals surface area contributed by atoms with E-state index in [9.17, 15) is 28.2 Å². The maximum absolute atomic E-state index is 13.0. The van der Waals surface area contributed by atoms with Crippen LogP contribution in [0.15, 0.2) is 54.7 Å². The summed E-state index contributed by atoms with van der Waals surface area (Å²) in [6, 6.07) is 9.89. The fourth-order valence-corrected chi connectivity index (χ4v) is 3.07. The highest BCUT2D eigenvalue weighted by molar-refractivity contribution is 6.31. The number of carbonyl (C=O) groups is 1. The molecule has 0 spiro atoms. The highest BCUT2D eigenvalue weighted by Gasteiger charge is 2.33. The lowest BCUT2D eigenvalue weighted by molar-refractivity contribution is -0.137. The highest BCUT2D eigenvalue weighted by Crippen LogP contribution is 2.36. The quantitative estimate of drug-likeness (QED) is 0.339. The van der Waals surface area contributed by atoms with Crippen molar-refractivity contribution in [3.63, 3.8) is 0 Å². The van der Waals surface area contributed by atoms with Crippen LogP contribution in [0.25, 0.3) is 0 Å². The van der Waals surface area contributed by atoms with Crippen molar-refractivity contribution in [1.82, 2.24) is 9.97 Å². The van der Waals surface area contributed by atoms with Gasteiger partial charge in [0.1, 0.15) is 5.75 Å². The van der Waals surface area contributed by atoms with E-state index in [2.05, 4.69) is 20.6 Å². The molecule has 0 saturated heterocycles. The van der Waals surface area contributed by atoms with Gasteiger partial charge in [-0.15, -0.1) is 0 Å². The first-order valence-corrected chi connectivity index (χ1v) is 10.5. The summed E-state index contributed by atoms with van der Waals surface area (Å²) in [5.41, 5.74) is -0.787. The summed E-state index contributed by atoms with van der Waals surface area (Å²) in [6.45, 7) is 1.42. The van der Waals surface area contributed by atoms with Crippen LogP contribution in [-0.4, -0.2) is 45.6 Å². The molecule has 9 nitrogen and oxygen atoms in total. The summed E-state index contributed by atoms with van der Waals surface area (Å²) in [5.74, 6) is 0.662. The van der Waals surface area contributed by atoms with Crippen molar-refractivity contribution >= 4 is 35.0 Å². The maximum atomic E-state index is 13.0. The predicted molar refractivity (Wildman–Crippen MR) is 124 cm³/mol. The average molecular weight is 512 g/mol. The van der Waals surface area contributed by atoms with Gasteiger partial charge < -0.3 is 30.5 Å². The van der Waals surface area contributed by atoms with E-state index in [1.807, 2.05) is 0 Å². The number of nitrogens with zero attached hydrogens (tertiary/aromatic N) is 3. The van der Waals surface area contributed by atoms with E-state index < -0.39 is 35.1 Å². The molecule has 186 valence electrons. The largest absolute Gasteiger partial charge is 0.439 e. The summed E-state index contributed by atoms with van der Waals surface area (Å²) in [6.07, 6.45) is -5.48. The summed E-state index contributed by atoms with van der Waals surface area (Å²) >= 11 is 5.58. The third-order valence-electron chi connectivity index (χ3n) is 4.63. The van der Waals surface area contributed by atoms with Crippen LogP contribution in [0.3, 0.4) is 0 Å². The van der Waals surface area contributed by atoms with Gasteiger partial charge in [-0.25, -0.2) is 9.78 Å². The van der Waals surface area contributed by atoms with Crippen molar-refractivity contribution < 1.29 is 32.9 Å². The van der Waals surface area contributed by atoms with Gasteiger partial charge in [-0.1, -0.05) is 11.6 Å². The number of aliphatic hydroxyl groups is 2. The van der Waals surface area contributed by atoms with E-state index in [1.165, 1.54) is 61.5 Å². The van der Waals surface area contributed by atoms with E-state index in [0.717, 1.165) is 12.1 Å². The number of hydrogen-bond acceptors (Lipinski definition) is 7. The zero-order valence-electron chi connectivity index (χ0n) is 18.4. The summed E-state index contributed by atoms with van der Waals surface area (Å²) in [5, 5.41) is 23.8. The van der Waals surface area contributed by atoms with E-state index in [-0.39, 0.29) is 17.5 Å². The molecular weight excluding hydrogens is 491 g/mol. The molecule has 2 aromatic carbocycles. The average Bonchev–Trinajstić information content (AvgIpc) is 2.80. The van der Waals surface area contributed by atoms with Gasteiger partial charge in [0.25, 0.3) is 0 Å². The molecule has 4 N–H and O–H groups in total. The monoisotopic (exact) mass is 511 g/mol. The number of aromatic nitrogens is 2. The van der Waals surface area contributed by atoms with E-state index in [4.69, 9.17) is 16.3 Å². The molecule has 0 radical (unpaired) electrons. The number of urea groups is 1. The fourth-order valence-electron chi connectivity index (χ4n) is 2.84. The smallest absolute Gasteiger partial charge is 0.417 e. The van der Waals surface area contributed by atoms with Crippen molar-refractivity contribution in [2.75, 3.05) is 22.6 Å². The summed E-state index contributed by atoms with van der Waals surface area (Å²) < 4.78 is 44.6. The van der Waals surface area contributed by atoms with E-state index in [0.29, 0.717) is 11.4 Å². The first-order valence-electron chi connectivity index (χ1n) is 10.1. The second-order valence-corrected chi connectivity index (χ2v) is 7.77. The summed E-state index contributed by atoms with van der Waals surface area (Å²) in [7, 11) is 1.51. The number of alkyl halides is 3. The van der Waals surface area contributed by atoms with Crippen molar-refractivity contribution in [1.29, 1.82) is 0 Å². The standard InChI is InChI=1S/C22H21ClF3N5O4/c1-12(32)19(33)31(2)20-27-10-9-18(30-20)35-15-6-3-13(4-7-15)28-21(34)29-14-5-8-17(23)16(11-14)22(24,25)26/h3-12,19,32-33H,1-2H3,(H2,28,29,34)/t12-,19-/m0/s1. The molecule has 1 heterocycles. The Morgan fingerprint density at radius 1 is 1.09 bits per heavy atom. The van der Waals surface area contributed by atoms with Crippen LogP contribution in [0.1, 0.15) is 12.5 Å². The Balaban J connectivity index is 1.62. The zero-order valence-corrected chi connectivity index (χ0v) is 19.2. The maximum Gasteiger partial charge on any atom is 0.417 e. The molecule has 3 aromatic rings. The zero-order chi connectivity index (χ0) is 25.8. The molecule has 0 aliphatic heterocycles. The molecule has 0 bridgehead atoms. The van der Waals surface area contributed by atoms with Gasteiger partial charge in [0, 0.05) is 30.7 Å². The molecule has 0 fully saturated rings. The third-order valence-corrected chi connectivity index (χ3v) is 4.95. The minimum Gasteiger partial charge on any atom is -0.439 e. The van der Waals surface area contributed by atoms with Gasteiger partial charge in [-0.05, 0) is 49.4 Å². The molecule has 13 heteroatoms. The second-order valence-electron chi connectivity index (χ2n) is 7.36. The van der Waals surface area contributed by atoms with E-state index >= 15 is 0 Å². The van der Waals surface area contributed by atoms with E-state index in [1.54, 1.807) is 0 Å². The van der Waals surface area contributed by atoms with Crippen LogP contribution in [0.2, 0.25) is 5.02 Å². The van der Waals surface area contributed by atoms with Crippen LogP contribution in [0.5, 0.6) is 11.6 Å². The Bertz CT molecular complexity index is 1180. The highest BCUT2D eigenvalue weighted by atomic mass is 35.5. The molecule has 0 aliphatic rings. The minimum atomic E-state index is -4.65. The van der Waals surface area contributed by atoms with Crippen molar-refractivity contribution in [3.05, 3.63) is 65.3 Å². The number of benzene rings is 2. The van der Waals surface area contributed by atoms with Crippen LogP contribution in [0.4, 0.5) is 35.3 Å². The SMILES string of the molecule is C[C@H](O)[C@H](O)N(C)c1nccc(Oc2ccc(NC(=O)Nc3ccc(Cl)c(C(F)(F)F)c3)cc2)n1. The first-order chi connectivity index (χ1) is 16.4. The van der Waals surface area contributed by atoms with Crippen molar-refractivity contribution in [3.8, 4) is 11.6 Å². The van der Waals surface area contributed by atoms with Gasteiger partial charge in [0.05, 0.1) is 16.7 Å². The van der Waals surface area contributed by atoms with Crippen LogP contribution < -0.4 is 20.3 Å². The molecule has 35 heavy (non-hydrogen) atoms. The third kappa shape index (κ3) is 6.94. The molecule has 1 aromatic heterocycles. The molecule has 2 atom stereocenters. The lowest BCUT2D eigenvalue weighted by Crippen LogP contribution is -2.40. The number of carbonyl (C=O) groups excluding carboxylic acids is 1. The number of nitrogens with one attached hydrogen (secondary N) is 2. The molecule has 3 rings (SSSR count). The first kappa shape index (κ1) is 26.0. The molecule has 0 unspecified atom stereocenters. The number of aliphatic hydroxyl groups excluding tert-OH is 2. The van der Waals surface area contributed by atoms with Gasteiger partial charge in [0.2, 0.25) is 11.8 Å². The van der Waals surface area contributed by atoms with Crippen LogP contribution in [0, 0.1) is 0 Å². The predicted octanol–water partition coefficient (Wildman–Crippen LogP) is 4.72. The molecular formula is C22H21ClF3N5O4. The number of anilines is 3. The Kier molecular flexibility index (Phi) is 7.99. The van der Waals surface area contributed by atoms with Gasteiger partial charge in [0.15, 0.2) is 6.23 Å². The second kappa shape index (κ2) is 10.8.